The number of rotatable bonds is 4. The van der Waals surface area contributed by atoms with Crippen LogP contribution in [0.5, 0.6) is 0 Å². The molecule has 2 aromatic heterocycles. The van der Waals surface area contributed by atoms with Crippen molar-refractivity contribution in [1.29, 1.82) is 0 Å². The van der Waals surface area contributed by atoms with Crippen molar-refractivity contribution >= 4 is 22.4 Å². The van der Waals surface area contributed by atoms with Gasteiger partial charge in [-0.25, -0.2) is 0 Å². The van der Waals surface area contributed by atoms with Crippen molar-refractivity contribution in [3.05, 3.63) is 35.6 Å². The molecule has 0 saturated carbocycles. The van der Waals surface area contributed by atoms with E-state index in [0.29, 0.717) is 0 Å². The molecule has 0 aliphatic heterocycles. The third kappa shape index (κ3) is 2.59. The fourth-order valence-electron chi connectivity index (χ4n) is 1.77. The van der Waals surface area contributed by atoms with Gasteiger partial charge in [0.05, 0.1) is 11.0 Å². The third-order valence-electron chi connectivity index (χ3n) is 2.71. The van der Waals surface area contributed by atoms with Gasteiger partial charge in [-0.1, -0.05) is 18.3 Å². The number of nitrogens with zero attached hydrogens (tertiary/aromatic N) is 4. The molecule has 6 heteroatoms. The lowest BCUT2D eigenvalue weighted by molar-refractivity contribution is 0.715. The summed E-state index contributed by atoms with van der Waals surface area (Å²) >= 11 is 1.60. The molecular formula is C13H13N5S. The Morgan fingerprint density at radius 1 is 1.11 bits per heavy atom. The number of hydrogen-bond acceptors (Lipinski definition) is 6. The van der Waals surface area contributed by atoms with Gasteiger partial charge < -0.3 is 5.32 Å². The van der Waals surface area contributed by atoms with E-state index in [1.165, 1.54) is 0 Å². The van der Waals surface area contributed by atoms with Crippen LogP contribution in [0, 0.1) is 0 Å². The van der Waals surface area contributed by atoms with Gasteiger partial charge in [0, 0.05) is 24.5 Å². The average molecular weight is 271 g/mol. The third-order valence-corrected chi connectivity index (χ3v) is 3.68. The number of nitrogens with one attached hydrogen (secondary N) is 1. The summed E-state index contributed by atoms with van der Waals surface area (Å²) in [5, 5.41) is 13.6. The summed E-state index contributed by atoms with van der Waals surface area (Å²) in [6.45, 7) is 3.77. The summed E-state index contributed by atoms with van der Waals surface area (Å²) in [6, 6.07) is 5.97. The average Bonchev–Trinajstić information content (AvgIpc) is 2.93. The Morgan fingerprint density at radius 3 is 2.79 bits per heavy atom. The molecular weight excluding hydrogens is 258 g/mol. The minimum Gasteiger partial charge on any atom is -0.311 e. The Balaban J connectivity index is 1.92. The smallest absolute Gasteiger partial charge is 0.147 e. The van der Waals surface area contributed by atoms with E-state index in [0.717, 1.165) is 39.7 Å². The molecule has 3 rings (SSSR count). The Kier molecular flexibility index (Phi) is 3.43. The lowest BCUT2D eigenvalue weighted by Gasteiger charge is -1.98. The molecule has 0 spiro atoms. The maximum atomic E-state index is 4.31. The van der Waals surface area contributed by atoms with E-state index in [2.05, 4.69) is 32.4 Å². The van der Waals surface area contributed by atoms with Crippen molar-refractivity contribution in [3.63, 3.8) is 0 Å². The second-order valence-electron chi connectivity index (χ2n) is 4.04. The molecule has 0 radical (unpaired) electrons. The molecule has 0 aliphatic carbocycles. The second-order valence-corrected chi connectivity index (χ2v) is 5.10. The zero-order valence-corrected chi connectivity index (χ0v) is 11.3. The van der Waals surface area contributed by atoms with Crippen molar-refractivity contribution in [2.24, 2.45) is 0 Å². The normalized spacial score (nSPS) is 11.0. The minimum atomic E-state index is 0.765. The van der Waals surface area contributed by atoms with E-state index in [1.54, 1.807) is 23.7 Å². The van der Waals surface area contributed by atoms with Crippen molar-refractivity contribution in [1.82, 2.24) is 25.5 Å². The fraction of sp³-hybridized carbons (Fsp3) is 0.231. The SMILES string of the molecule is CCNCc1nnc(-c2ccc3nccnc3c2)s1. The molecule has 1 N–H and O–H groups in total. The topological polar surface area (TPSA) is 63.6 Å². The van der Waals surface area contributed by atoms with E-state index in [4.69, 9.17) is 0 Å². The second kappa shape index (κ2) is 5.38. The van der Waals surface area contributed by atoms with Crippen molar-refractivity contribution in [2.45, 2.75) is 13.5 Å². The Hall–Kier alpha value is -1.92. The molecule has 0 unspecified atom stereocenters. The van der Waals surface area contributed by atoms with Crippen LogP contribution in [-0.2, 0) is 6.54 Å². The molecule has 0 atom stereocenters. The molecule has 0 fully saturated rings. The van der Waals surface area contributed by atoms with Crippen LogP contribution in [0.3, 0.4) is 0 Å². The molecule has 96 valence electrons. The van der Waals surface area contributed by atoms with E-state index in [1.807, 2.05) is 18.2 Å². The highest BCUT2D eigenvalue weighted by molar-refractivity contribution is 7.14. The van der Waals surface area contributed by atoms with Crippen LogP contribution in [0.25, 0.3) is 21.6 Å². The van der Waals surface area contributed by atoms with Crippen molar-refractivity contribution in [3.8, 4) is 10.6 Å². The summed E-state index contributed by atoms with van der Waals surface area (Å²) in [6.07, 6.45) is 3.39. The minimum absolute atomic E-state index is 0.765. The van der Waals surface area contributed by atoms with E-state index >= 15 is 0 Å². The van der Waals surface area contributed by atoms with Gasteiger partial charge in [-0.3, -0.25) is 9.97 Å². The van der Waals surface area contributed by atoms with Gasteiger partial charge in [-0.2, -0.15) is 0 Å². The molecule has 5 nitrogen and oxygen atoms in total. The van der Waals surface area contributed by atoms with Crippen LogP contribution >= 0.6 is 11.3 Å². The van der Waals surface area contributed by atoms with Gasteiger partial charge >= 0.3 is 0 Å². The highest BCUT2D eigenvalue weighted by Crippen LogP contribution is 2.25. The van der Waals surface area contributed by atoms with Gasteiger partial charge in [-0.05, 0) is 24.7 Å². The van der Waals surface area contributed by atoms with Crippen LogP contribution in [0.1, 0.15) is 11.9 Å². The number of benzene rings is 1. The van der Waals surface area contributed by atoms with Gasteiger partial charge in [0.15, 0.2) is 0 Å². The summed E-state index contributed by atoms with van der Waals surface area (Å²) in [7, 11) is 0. The van der Waals surface area contributed by atoms with E-state index in [-0.39, 0.29) is 0 Å². The van der Waals surface area contributed by atoms with Crippen molar-refractivity contribution in [2.75, 3.05) is 6.54 Å². The van der Waals surface area contributed by atoms with Crippen LogP contribution < -0.4 is 5.32 Å². The van der Waals surface area contributed by atoms with Crippen LogP contribution in [0.15, 0.2) is 30.6 Å². The predicted octanol–water partition coefficient (Wildman–Crippen LogP) is 2.26. The maximum absolute atomic E-state index is 4.31. The number of aromatic nitrogens is 4. The fourth-order valence-corrected chi connectivity index (χ4v) is 2.58. The lowest BCUT2D eigenvalue weighted by atomic mass is 10.2. The lowest BCUT2D eigenvalue weighted by Crippen LogP contribution is -2.11. The van der Waals surface area contributed by atoms with Gasteiger partial charge in [-0.15, -0.1) is 10.2 Å². The Labute approximate surface area is 114 Å². The van der Waals surface area contributed by atoms with Crippen LogP contribution in [-0.4, -0.2) is 26.7 Å². The predicted molar refractivity (Wildman–Crippen MR) is 75.8 cm³/mol. The van der Waals surface area contributed by atoms with Gasteiger partial charge in [0.1, 0.15) is 10.0 Å². The summed E-state index contributed by atoms with van der Waals surface area (Å²) in [4.78, 5) is 8.56. The quantitative estimate of drug-likeness (QED) is 0.788. The first-order valence-corrected chi connectivity index (χ1v) is 6.92. The van der Waals surface area contributed by atoms with E-state index < -0.39 is 0 Å². The van der Waals surface area contributed by atoms with Crippen LogP contribution in [0.2, 0.25) is 0 Å². The summed E-state index contributed by atoms with van der Waals surface area (Å²) < 4.78 is 0. The molecule has 19 heavy (non-hydrogen) atoms. The molecule has 0 aliphatic rings. The number of hydrogen-bond donors (Lipinski definition) is 1. The largest absolute Gasteiger partial charge is 0.311 e. The van der Waals surface area contributed by atoms with Gasteiger partial charge in [0.2, 0.25) is 0 Å². The molecule has 3 aromatic rings. The molecule has 1 aromatic carbocycles. The molecule has 0 amide bonds. The first kappa shape index (κ1) is 12.1. The maximum Gasteiger partial charge on any atom is 0.147 e. The summed E-state index contributed by atoms with van der Waals surface area (Å²) in [5.41, 5.74) is 2.81. The first-order valence-electron chi connectivity index (χ1n) is 6.11. The monoisotopic (exact) mass is 271 g/mol. The highest BCUT2D eigenvalue weighted by Gasteiger charge is 2.07. The van der Waals surface area contributed by atoms with E-state index in [9.17, 15) is 0 Å². The number of fused-ring (bicyclic) bond motifs is 1. The van der Waals surface area contributed by atoms with Crippen molar-refractivity contribution < 1.29 is 0 Å². The highest BCUT2D eigenvalue weighted by atomic mass is 32.1. The summed E-state index contributed by atoms with van der Waals surface area (Å²) in [5.74, 6) is 0. The Bertz CT molecular complexity index is 694. The standard InChI is InChI=1S/C13H13N5S/c1-2-14-8-12-17-18-13(19-12)9-3-4-10-11(7-9)16-6-5-15-10/h3-7,14H,2,8H2,1H3. The molecule has 2 heterocycles. The Morgan fingerprint density at radius 2 is 1.95 bits per heavy atom. The van der Waals surface area contributed by atoms with Crippen LogP contribution in [0.4, 0.5) is 0 Å². The van der Waals surface area contributed by atoms with Gasteiger partial charge in [0.25, 0.3) is 0 Å². The molecule has 0 saturated heterocycles. The first-order chi connectivity index (χ1) is 9.36. The zero-order valence-electron chi connectivity index (χ0n) is 10.5. The molecule has 0 bridgehead atoms. The zero-order chi connectivity index (χ0) is 13.1.